The molecule has 2 aromatic carbocycles. The molecule has 2 aromatic rings. The Balaban J connectivity index is 2.23. The Morgan fingerprint density at radius 3 is 1.97 bits per heavy atom. The lowest BCUT2D eigenvalue weighted by Gasteiger charge is -2.36. The number of halogens is 3. The summed E-state index contributed by atoms with van der Waals surface area (Å²) in [5.74, 6) is -0.0176. The Morgan fingerprint density at radius 1 is 0.935 bits per heavy atom. The van der Waals surface area contributed by atoms with Crippen molar-refractivity contribution >= 4 is 0 Å². The van der Waals surface area contributed by atoms with Crippen LogP contribution in [0.3, 0.4) is 0 Å². The van der Waals surface area contributed by atoms with Crippen molar-refractivity contribution in [3.8, 4) is 6.07 Å². The van der Waals surface area contributed by atoms with Crippen LogP contribution in [0.15, 0.2) is 54.6 Å². The fourth-order valence-corrected chi connectivity index (χ4v) is 4.33. The zero-order valence-electron chi connectivity index (χ0n) is 18.9. The lowest BCUT2D eigenvalue weighted by atomic mass is 9.69. The SMILES string of the molecule is CCC(CCC(C#N)(c1ccc(C(F)(F)F)cc1)C(C)C)N(CC)Cc1ccccc1. The molecule has 168 valence electrons. The van der Waals surface area contributed by atoms with Gasteiger partial charge in [-0.25, -0.2) is 0 Å². The van der Waals surface area contributed by atoms with Gasteiger partial charge in [0.25, 0.3) is 0 Å². The highest BCUT2D eigenvalue weighted by Gasteiger charge is 2.38. The Bertz CT molecular complexity index is 838. The lowest BCUT2D eigenvalue weighted by molar-refractivity contribution is -0.137. The van der Waals surface area contributed by atoms with Crippen LogP contribution in [-0.2, 0) is 18.1 Å². The Kier molecular flexibility index (Phi) is 8.70. The van der Waals surface area contributed by atoms with E-state index < -0.39 is 17.2 Å². The third-order valence-corrected chi connectivity index (χ3v) is 6.41. The maximum absolute atomic E-state index is 13.0. The van der Waals surface area contributed by atoms with E-state index in [0.717, 1.165) is 38.1 Å². The quantitative estimate of drug-likeness (QED) is 0.398. The highest BCUT2D eigenvalue weighted by atomic mass is 19.4. The summed E-state index contributed by atoms with van der Waals surface area (Å²) in [4.78, 5) is 2.42. The predicted molar refractivity (Wildman–Crippen MR) is 119 cm³/mol. The lowest BCUT2D eigenvalue weighted by Crippen LogP contribution is -2.38. The van der Waals surface area contributed by atoms with Crippen LogP contribution < -0.4 is 0 Å². The second-order valence-corrected chi connectivity index (χ2v) is 8.46. The molecule has 2 rings (SSSR count). The summed E-state index contributed by atoms with van der Waals surface area (Å²) < 4.78 is 39.0. The largest absolute Gasteiger partial charge is 0.416 e. The number of hydrogen-bond donors (Lipinski definition) is 0. The first kappa shape index (κ1) is 24.9. The van der Waals surface area contributed by atoms with Crippen molar-refractivity contribution in [2.24, 2.45) is 5.92 Å². The van der Waals surface area contributed by atoms with Gasteiger partial charge in [0.05, 0.1) is 17.0 Å². The molecule has 0 heterocycles. The average Bonchev–Trinajstić information content (AvgIpc) is 2.76. The van der Waals surface area contributed by atoms with E-state index in [-0.39, 0.29) is 5.92 Å². The van der Waals surface area contributed by atoms with Crippen LogP contribution in [0.5, 0.6) is 0 Å². The van der Waals surface area contributed by atoms with Crippen LogP contribution in [0, 0.1) is 17.2 Å². The fourth-order valence-electron chi connectivity index (χ4n) is 4.33. The minimum atomic E-state index is -4.38. The van der Waals surface area contributed by atoms with Crippen molar-refractivity contribution in [1.29, 1.82) is 5.26 Å². The minimum absolute atomic E-state index is 0.0176. The predicted octanol–water partition coefficient (Wildman–Crippen LogP) is 7.20. The molecule has 0 fully saturated rings. The molecule has 0 spiro atoms. The van der Waals surface area contributed by atoms with Gasteiger partial charge in [-0.1, -0.05) is 70.2 Å². The van der Waals surface area contributed by atoms with Gasteiger partial charge in [-0.3, -0.25) is 4.90 Å². The van der Waals surface area contributed by atoms with Crippen LogP contribution in [0.2, 0.25) is 0 Å². The number of alkyl halides is 3. The number of benzene rings is 2. The van der Waals surface area contributed by atoms with Crippen molar-refractivity contribution in [3.63, 3.8) is 0 Å². The number of hydrogen-bond acceptors (Lipinski definition) is 2. The molecule has 0 aliphatic rings. The Hall–Kier alpha value is -2.32. The first-order valence-electron chi connectivity index (χ1n) is 11.0. The zero-order valence-corrected chi connectivity index (χ0v) is 18.9. The standard InChI is InChI=1S/C26H33F3N2/c1-5-24(31(6-2)18-21-10-8-7-9-11-21)16-17-25(19-30,20(3)4)22-12-14-23(15-13-22)26(27,28)29/h7-15,20,24H,5-6,16-18H2,1-4H3. The van der Waals surface area contributed by atoms with Gasteiger partial charge in [0.1, 0.15) is 0 Å². The second-order valence-electron chi connectivity index (χ2n) is 8.46. The van der Waals surface area contributed by atoms with Crippen molar-refractivity contribution in [2.45, 2.75) is 71.1 Å². The molecule has 2 unspecified atom stereocenters. The van der Waals surface area contributed by atoms with E-state index in [2.05, 4.69) is 36.9 Å². The molecule has 2 nitrogen and oxygen atoms in total. The third kappa shape index (κ3) is 6.11. The van der Waals surface area contributed by atoms with Crippen molar-refractivity contribution < 1.29 is 13.2 Å². The van der Waals surface area contributed by atoms with E-state index in [1.54, 1.807) is 0 Å². The summed E-state index contributed by atoms with van der Waals surface area (Å²) in [7, 11) is 0. The monoisotopic (exact) mass is 430 g/mol. The van der Waals surface area contributed by atoms with Gasteiger partial charge >= 0.3 is 6.18 Å². The maximum atomic E-state index is 13.0. The number of nitrogens with zero attached hydrogens (tertiary/aromatic N) is 2. The van der Waals surface area contributed by atoms with Crippen molar-refractivity contribution in [2.75, 3.05) is 6.54 Å². The molecule has 0 bridgehead atoms. The maximum Gasteiger partial charge on any atom is 0.416 e. The zero-order chi connectivity index (χ0) is 23.1. The van der Waals surface area contributed by atoms with Crippen LogP contribution in [0.1, 0.15) is 63.6 Å². The van der Waals surface area contributed by atoms with E-state index in [9.17, 15) is 18.4 Å². The molecule has 0 amide bonds. The summed E-state index contributed by atoms with van der Waals surface area (Å²) >= 11 is 0. The smallest absolute Gasteiger partial charge is 0.296 e. The molecule has 0 saturated carbocycles. The molecule has 2 atom stereocenters. The molecule has 31 heavy (non-hydrogen) atoms. The molecule has 0 radical (unpaired) electrons. The summed E-state index contributed by atoms with van der Waals surface area (Å²) in [6.45, 7) is 9.99. The topological polar surface area (TPSA) is 27.0 Å². The fraction of sp³-hybridized carbons (Fsp3) is 0.500. The molecule has 0 saturated heterocycles. The highest BCUT2D eigenvalue weighted by Crippen LogP contribution is 2.39. The first-order valence-corrected chi connectivity index (χ1v) is 11.0. The van der Waals surface area contributed by atoms with Crippen LogP contribution >= 0.6 is 0 Å². The van der Waals surface area contributed by atoms with Gasteiger partial charge in [0.15, 0.2) is 0 Å². The summed E-state index contributed by atoms with van der Waals surface area (Å²) in [6.07, 6.45) is -2.01. The molecule has 0 aromatic heterocycles. The summed E-state index contributed by atoms with van der Waals surface area (Å²) in [6, 6.07) is 18.2. The molecule has 0 aliphatic heterocycles. The third-order valence-electron chi connectivity index (χ3n) is 6.41. The Labute approximate surface area is 184 Å². The second kappa shape index (κ2) is 10.8. The minimum Gasteiger partial charge on any atom is -0.296 e. The molecule has 5 heteroatoms. The average molecular weight is 431 g/mol. The van der Waals surface area contributed by atoms with E-state index in [1.165, 1.54) is 17.7 Å². The summed E-state index contributed by atoms with van der Waals surface area (Å²) in [5.41, 5.74) is 0.419. The van der Waals surface area contributed by atoms with Crippen LogP contribution in [0.4, 0.5) is 13.2 Å². The normalized spacial score (nSPS) is 15.0. The Morgan fingerprint density at radius 2 is 1.52 bits per heavy atom. The number of nitriles is 1. The van der Waals surface area contributed by atoms with Gasteiger partial charge in [-0.2, -0.15) is 18.4 Å². The van der Waals surface area contributed by atoms with Crippen molar-refractivity contribution in [3.05, 3.63) is 71.3 Å². The van der Waals surface area contributed by atoms with E-state index >= 15 is 0 Å². The molecule has 0 aliphatic carbocycles. The van der Waals surface area contributed by atoms with E-state index in [1.807, 2.05) is 32.0 Å². The number of rotatable bonds is 10. The van der Waals surface area contributed by atoms with Gasteiger partial charge < -0.3 is 0 Å². The van der Waals surface area contributed by atoms with E-state index in [0.29, 0.717) is 18.0 Å². The van der Waals surface area contributed by atoms with Crippen LogP contribution in [0.25, 0.3) is 0 Å². The van der Waals surface area contributed by atoms with Gasteiger partial charge in [0, 0.05) is 12.6 Å². The van der Waals surface area contributed by atoms with Crippen LogP contribution in [-0.4, -0.2) is 17.5 Å². The highest BCUT2D eigenvalue weighted by molar-refractivity contribution is 5.36. The van der Waals surface area contributed by atoms with E-state index in [4.69, 9.17) is 0 Å². The first-order chi connectivity index (χ1) is 14.7. The van der Waals surface area contributed by atoms with Crippen molar-refractivity contribution in [1.82, 2.24) is 4.90 Å². The van der Waals surface area contributed by atoms with Gasteiger partial charge in [0.2, 0.25) is 0 Å². The molecule has 0 N–H and O–H groups in total. The van der Waals surface area contributed by atoms with Gasteiger partial charge in [-0.15, -0.1) is 0 Å². The van der Waals surface area contributed by atoms with Gasteiger partial charge in [-0.05, 0) is 55.0 Å². The molecular formula is C26H33F3N2. The molecular weight excluding hydrogens is 397 g/mol. The summed E-state index contributed by atoms with van der Waals surface area (Å²) in [5, 5.41) is 10.2.